The van der Waals surface area contributed by atoms with Crippen LogP contribution in [0.1, 0.15) is 5.56 Å². The van der Waals surface area contributed by atoms with Crippen LogP contribution in [0.5, 0.6) is 0 Å². The van der Waals surface area contributed by atoms with E-state index in [0.717, 1.165) is 4.57 Å². The van der Waals surface area contributed by atoms with Crippen molar-refractivity contribution >= 4 is 5.82 Å². The van der Waals surface area contributed by atoms with Crippen LogP contribution in [0.2, 0.25) is 0 Å². The van der Waals surface area contributed by atoms with Gasteiger partial charge in [-0.05, 0) is 0 Å². The molecule has 0 fully saturated rings. The molecule has 0 radical (unpaired) electrons. The molecule has 0 saturated carbocycles. The fraction of sp³-hybridized carbons (Fsp3) is 0.364. The van der Waals surface area contributed by atoms with E-state index in [1.165, 1.54) is 25.0 Å². The number of hydrogen-bond acceptors (Lipinski definition) is 6. The predicted octanol–water partition coefficient (Wildman–Crippen LogP) is -1.34. The molecule has 0 amide bonds. The molecule has 0 aliphatic carbocycles. The molecule has 104 valence electrons. The highest BCUT2D eigenvalue weighted by molar-refractivity contribution is 5.51. The van der Waals surface area contributed by atoms with E-state index in [1.54, 1.807) is 11.0 Å². The first-order valence-corrected chi connectivity index (χ1v) is 5.82. The molecule has 0 aromatic carbocycles. The third-order valence-electron chi connectivity index (χ3n) is 2.88. The lowest BCUT2D eigenvalue weighted by Crippen LogP contribution is -2.40. The van der Waals surface area contributed by atoms with E-state index in [0.29, 0.717) is 13.1 Å². The Hall–Kier alpha value is -2.89. The molecular formula is C11H13N7O2. The summed E-state index contributed by atoms with van der Waals surface area (Å²) < 4.78 is 3.74. The molecule has 0 unspecified atom stereocenters. The van der Waals surface area contributed by atoms with Gasteiger partial charge < -0.3 is 5.32 Å². The van der Waals surface area contributed by atoms with Crippen molar-refractivity contribution < 1.29 is 0 Å². The standard InChI is InChI=1S/C11H13N7O2/c1-16-9(14-3-4-18-7-13-6-15-18)8(5-12)10(19)17(2)11(16)20/h6-7,14H,3-4H2,1-2H3. The fourth-order valence-corrected chi connectivity index (χ4v) is 1.79. The number of nitrogens with zero attached hydrogens (tertiary/aromatic N) is 6. The summed E-state index contributed by atoms with van der Waals surface area (Å²) in [7, 11) is 2.84. The highest BCUT2D eigenvalue weighted by Crippen LogP contribution is 2.06. The summed E-state index contributed by atoms with van der Waals surface area (Å²) in [6.45, 7) is 0.896. The van der Waals surface area contributed by atoms with Crippen LogP contribution in [0.4, 0.5) is 5.82 Å². The van der Waals surface area contributed by atoms with Gasteiger partial charge in [-0.2, -0.15) is 10.4 Å². The lowest BCUT2D eigenvalue weighted by Gasteiger charge is -2.13. The van der Waals surface area contributed by atoms with E-state index in [-0.39, 0.29) is 11.4 Å². The van der Waals surface area contributed by atoms with Gasteiger partial charge >= 0.3 is 5.69 Å². The Kier molecular flexibility index (Phi) is 3.65. The first-order valence-electron chi connectivity index (χ1n) is 5.82. The van der Waals surface area contributed by atoms with Gasteiger partial charge in [0.15, 0.2) is 5.56 Å². The number of rotatable bonds is 4. The molecule has 0 atom stereocenters. The third kappa shape index (κ3) is 2.31. The number of anilines is 1. The van der Waals surface area contributed by atoms with Gasteiger partial charge in [-0.3, -0.25) is 18.6 Å². The minimum atomic E-state index is -0.612. The SMILES string of the molecule is Cn1c(NCCn2cncn2)c(C#N)c(=O)n(C)c1=O. The molecular weight excluding hydrogens is 262 g/mol. The van der Waals surface area contributed by atoms with Crippen LogP contribution < -0.4 is 16.6 Å². The minimum Gasteiger partial charge on any atom is -0.368 e. The third-order valence-corrected chi connectivity index (χ3v) is 2.88. The van der Waals surface area contributed by atoms with E-state index in [1.807, 2.05) is 6.07 Å². The summed E-state index contributed by atoms with van der Waals surface area (Å²) >= 11 is 0. The number of hydrogen-bond donors (Lipinski definition) is 1. The van der Waals surface area contributed by atoms with Crippen molar-refractivity contribution in [3.05, 3.63) is 39.1 Å². The van der Waals surface area contributed by atoms with E-state index >= 15 is 0 Å². The topological polar surface area (TPSA) is 111 Å². The molecule has 1 N–H and O–H groups in total. The van der Waals surface area contributed by atoms with Crippen molar-refractivity contribution in [3.63, 3.8) is 0 Å². The minimum absolute atomic E-state index is 0.0896. The Labute approximate surface area is 113 Å². The number of nitriles is 1. The summed E-state index contributed by atoms with van der Waals surface area (Å²) in [4.78, 5) is 27.5. The molecule has 9 heteroatoms. The van der Waals surface area contributed by atoms with Crippen LogP contribution in [-0.2, 0) is 20.6 Å². The summed E-state index contributed by atoms with van der Waals surface area (Å²) in [5, 5.41) is 15.9. The van der Waals surface area contributed by atoms with Gasteiger partial charge in [0, 0.05) is 20.6 Å². The fourth-order valence-electron chi connectivity index (χ4n) is 1.79. The molecule has 0 spiro atoms. The van der Waals surface area contributed by atoms with Gasteiger partial charge in [0.05, 0.1) is 6.54 Å². The van der Waals surface area contributed by atoms with Gasteiger partial charge in [0.25, 0.3) is 5.56 Å². The Morgan fingerprint density at radius 1 is 1.35 bits per heavy atom. The zero-order chi connectivity index (χ0) is 14.7. The number of aromatic nitrogens is 5. The van der Waals surface area contributed by atoms with Crippen molar-refractivity contribution in [1.82, 2.24) is 23.9 Å². The maximum Gasteiger partial charge on any atom is 0.332 e. The van der Waals surface area contributed by atoms with Crippen LogP contribution >= 0.6 is 0 Å². The summed E-state index contributed by atoms with van der Waals surface area (Å²) in [6.07, 6.45) is 2.96. The van der Waals surface area contributed by atoms with Gasteiger partial charge in [-0.1, -0.05) is 0 Å². The van der Waals surface area contributed by atoms with Crippen molar-refractivity contribution in [2.45, 2.75) is 6.54 Å². The van der Waals surface area contributed by atoms with Gasteiger partial charge in [0.2, 0.25) is 0 Å². The van der Waals surface area contributed by atoms with Crippen molar-refractivity contribution in [2.75, 3.05) is 11.9 Å². The average Bonchev–Trinajstić information content (AvgIpc) is 2.95. The van der Waals surface area contributed by atoms with Gasteiger partial charge in [0.1, 0.15) is 24.5 Å². The second-order valence-electron chi connectivity index (χ2n) is 4.13. The van der Waals surface area contributed by atoms with Crippen molar-refractivity contribution in [1.29, 1.82) is 5.26 Å². The van der Waals surface area contributed by atoms with E-state index in [2.05, 4.69) is 15.4 Å². The maximum absolute atomic E-state index is 11.8. The van der Waals surface area contributed by atoms with Crippen molar-refractivity contribution in [3.8, 4) is 6.07 Å². The van der Waals surface area contributed by atoms with E-state index in [4.69, 9.17) is 5.26 Å². The molecule has 0 aliphatic heterocycles. The molecule has 2 aromatic heterocycles. The first-order chi connectivity index (χ1) is 9.56. The Morgan fingerprint density at radius 3 is 2.70 bits per heavy atom. The lowest BCUT2D eigenvalue weighted by atomic mass is 10.3. The van der Waals surface area contributed by atoms with E-state index < -0.39 is 11.2 Å². The lowest BCUT2D eigenvalue weighted by molar-refractivity contribution is 0.627. The van der Waals surface area contributed by atoms with Crippen LogP contribution in [0, 0.1) is 11.3 Å². The second kappa shape index (κ2) is 5.40. The van der Waals surface area contributed by atoms with Gasteiger partial charge in [-0.25, -0.2) is 9.78 Å². The Morgan fingerprint density at radius 2 is 2.10 bits per heavy atom. The highest BCUT2D eigenvalue weighted by atomic mass is 16.2. The largest absolute Gasteiger partial charge is 0.368 e. The summed E-state index contributed by atoms with van der Waals surface area (Å²) in [6, 6.07) is 1.83. The van der Waals surface area contributed by atoms with Crippen LogP contribution in [0.3, 0.4) is 0 Å². The molecule has 0 saturated heterocycles. The quantitative estimate of drug-likeness (QED) is 0.739. The average molecular weight is 275 g/mol. The van der Waals surface area contributed by atoms with Crippen LogP contribution in [0.25, 0.3) is 0 Å². The Balaban J connectivity index is 2.30. The zero-order valence-corrected chi connectivity index (χ0v) is 11.1. The smallest absolute Gasteiger partial charge is 0.332 e. The Bertz CT molecular complexity index is 764. The molecule has 20 heavy (non-hydrogen) atoms. The van der Waals surface area contributed by atoms with Crippen molar-refractivity contribution in [2.24, 2.45) is 14.1 Å². The van der Waals surface area contributed by atoms with E-state index in [9.17, 15) is 9.59 Å². The molecule has 2 rings (SSSR count). The molecule has 2 aromatic rings. The monoisotopic (exact) mass is 275 g/mol. The van der Waals surface area contributed by atoms with Crippen LogP contribution in [-0.4, -0.2) is 30.4 Å². The molecule has 0 aliphatic rings. The summed E-state index contributed by atoms with van der Waals surface area (Å²) in [5.74, 6) is 0.209. The number of nitrogens with one attached hydrogen (secondary N) is 1. The molecule has 2 heterocycles. The molecule has 9 nitrogen and oxygen atoms in total. The zero-order valence-electron chi connectivity index (χ0n) is 11.1. The highest BCUT2D eigenvalue weighted by Gasteiger charge is 2.14. The normalized spacial score (nSPS) is 10.2. The first kappa shape index (κ1) is 13.5. The maximum atomic E-state index is 11.8. The van der Waals surface area contributed by atoms with Crippen LogP contribution in [0.15, 0.2) is 22.2 Å². The summed E-state index contributed by atoms with van der Waals surface area (Å²) in [5.41, 5.74) is -1.19. The van der Waals surface area contributed by atoms with Gasteiger partial charge in [-0.15, -0.1) is 0 Å². The molecule has 0 bridgehead atoms. The predicted molar refractivity (Wildman–Crippen MR) is 70.2 cm³/mol. The second-order valence-corrected chi connectivity index (χ2v) is 4.13.